The Kier molecular flexibility index (Phi) is 7.91. The number of carbonyl (C=O) groups is 1. The molecule has 1 aliphatic heterocycles. The third-order valence-electron chi connectivity index (χ3n) is 2.92. The Morgan fingerprint density at radius 2 is 2.11 bits per heavy atom. The molecule has 0 aromatic rings. The Hall–Kier alpha value is -0.0900. The zero-order valence-electron chi connectivity index (χ0n) is 11.6. The van der Waals surface area contributed by atoms with E-state index in [4.69, 9.17) is 4.74 Å². The van der Waals surface area contributed by atoms with Crippen LogP contribution in [0.2, 0.25) is 0 Å². The molecule has 0 unspecified atom stereocenters. The predicted octanol–water partition coefficient (Wildman–Crippen LogP) is 4.46. The summed E-state index contributed by atoms with van der Waals surface area (Å²) in [6.07, 6.45) is 6.85. The molecule has 18 heavy (non-hydrogen) atoms. The Balaban J connectivity index is 2.55. The predicted molar refractivity (Wildman–Crippen MR) is 81.9 cm³/mol. The molecule has 0 N–H and O–H groups in total. The van der Waals surface area contributed by atoms with Crippen LogP contribution >= 0.6 is 23.5 Å². The van der Waals surface area contributed by atoms with Crippen LogP contribution in [0.1, 0.15) is 46.5 Å². The van der Waals surface area contributed by atoms with Crippen LogP contribution < -0.4 is 0 Å². The van der Waals surface area contributed by atoms with E-state index in [0.29, 0.717) is 5.92 Å². The van der Waals surface area contributed by atoms with E-state index in [0.717, 1.165) is 19.3 Å². The molecule has 1 heterocycles. The standard InChI is InChI=1S/C14H24O2S2/c1-4-5-7-13(16-12(3)15)11(2)10-14-17-8-6-9-18-14/h10-11,13H,4-9H2,1-3H3/t11-,13+/m0/s1. The number of ether oxygens (including phenoxy) is 1. The van der Waals surface area contributed by atoms with Crippen molar-refractivity contribution in [3.05, 3.63) is 10.3 Å². The number of unbranched alkanes of at least 4 members (excludes halogenated alkanes) is 1. The highest BCUT2D eigenvalue weighted by atomic mass is 32.2. The fourth-order valence-electron chi connectivity index (χ4n) is 1.91. The van der Waals surface area contributed by atoms with Gasteiger partial charge in [0.1, 0.15) is 6.10 Å². The van der Waals surface area contributed by atoms with Crippen LogP contribution in [0.15, 0.2) is 10.3 Å². The van der Waals surface area contributed by atoms with Crippen LogP contribution in [0.4, 0.5) is 0 Å². The molecular weight excluding hydrogens is 264 g/mol. The molecule has 0 radical (unpaired) electrons. The maximum absolute atomic E-state index is 11.2. The molecule has 0 aromatic heterocycles. The molecular formula is C14H24O2S2. The number of rotatable bonds is 6. The first-order valence-electron chi connectivity index (χ1n) is 6.78. The average molecular weight is 288 g/mol. The van der Waals surface area contributed by atoms with Crippen LogP contribution in [0, 0.1) is 5.92 Å². The molecule has 4 heteroatoms. The summed E-state index contributed by atoms with van der Waals surface area (Å²) in [4.78, 5) is 11.2. The monoisotopic (exact) mass is 288 g/mol. The molecule has 0 amide bonds. The Morgan fingerprint density at radius 3 is 2.67 bits per heavy atom. The Bertz CT molecular complexity index is 282. The van der Waals surface area contributed by atoms with Crippen LogP contribution in [0.3, 0.4) is 0 Å². The van der Waals surface area contributed by atoms with Gasteiger partial charge in [-0.05, 0) is 24.3 Å². The summed E-state index contributed by atoms with van der Waals surface area (Å²) in [6, 6.07) is 0. The lowest BCUT2D eigenvalue weighted by atomic mass is 9.99. The smallest absolute Gasteiger partial charge is 0.302 e. The highest BCUT2D eigenvalue weighted by molar-refractivity contribution is 8.22. The lowest BCUT2D eigenvalue weighted by molar-refractivity contribution is -0.148. The van der Waals surface area contributed by atoms with Crippen molar-refractivity contribution >= 4 is 29.5 Å². The minimum Gasteiger partial charge on any atom is -0.462 e. The third-order valence-corrected chi connectivity index (χ3v) is 5.46. The molecule has 1 aliphatic rings. The van der Waals surface area contributed by atoms with E-state index in [1.807, 2.05) is 23.5 Å². The molecule has 0 spiro atoms. The first kappa shape index (κ1) is 16.0. The lowest BCUT2D eigenvalue weighted by Gasteiger charge is -2.23. The summed E-state index contributed by atoms with van der Waals surface area (Å²) in [6.45, 7) is 5.83. The highest BCUT2D eigenvalue weighted by Gasteiger charge is 2.19. The molecule has 1 saturated heterocycles. The largest absolute Gasteiger partial charge is 0.462 e. The summed E-state index contributed by atoms with van der Waals surface area (Å²) >= 11 is 3.87. The minimum absolute atomic E-state index is 0.0399. The van der Waals surface area contributed by atoms with Gasteiger partial charge in [0.25, 0.3) is 0 Å². The average Bonchev–Trinajstić information content (AvgIpc) is 2.35. The van der Waals surface area contributed by atoms with Crippen molar-refractivity contribution in [2.75, 3.05) is 11.5 Å². The first-order chi connectivity index (χ1) is 8.63. The second-order valence-electron chi connectivity index (χ2n) is 4.69. The van der Waals surface area contributed by atoms with Crippen molar-refractivity contribution in [2.45, 2.75) is 52.6 Å². The van der Waals surface area contributed by atoms with Gasteiger partial charge >= 0.3 is 5.97 Å². The molecule has 2 atom stereocenters. The zero-order valence-corrected chi connectivity index (χ0v) is 13.2. The summed E-state index contributed by atoms with van der Waals surface area (Å²) < 4.78 is 6.86. The quantitative estimate of drug-likeness (QED) is 0.674. The molecule has 0 saturated carbocycles. The van der Waals surface area contributed by atoms with Gasteiger partial charge in [-0.3, -0.25) is 4.79 Å². The van der Waals surface area contributed by atoms with Gasteiger partial charge in [-0.1, -0.05) is 32.8 Å². The van der Waals surface area contributed by atoms with Crippen LogP contribution in [0.5, 0.6) is 0 Å². The lowest BCUT2D eigenvalue weighted by Crippen LogP contribution is -2.23. The first-order valence-corrected chi connectivity index (χ1v) is 8.75. The number of hydrogen-bond acceptors (Lipinski definition) is 4. The van der Waals surface area contributed by atoms with E-state index in [1.165, 1.54) is 29.1 Å². The van der Waals surface area contributed by atoms with E-state index in [1.54, 1.807) is 0 Å². The van der Waals surface area contributed by atoms with Gasteiger partial charge in [0.2, 0.25) is 0 Å². The van der Waals surface area contributed by atoms with Gasteiger partial charge in [-0.2, -0.15) is 0 Å². The van der Waals surface area contributed by atoms with E-state index >= 15 is 0 Å². The second kappa shape index (κ2) is 8.92. The number of hydrogen-bond donors (Lipinski definition) is 0. The molecule has 1 rings (SSSR count). The molecule has 104 valence electrons. The number of carbonyl (C=O) groups excluding carboxylic acids is 1. The van der Waals surface area contributed by atoms with Gasteiger partial charge in [-0.15, -0.1) is 23.5 Å². The molecule has 1 fully saturated rings. The number of esters is 1. The van der Waals surface area contributed by atoms with Crippen LogP contribution in [-0.2, 0) is 9.53 Å². The van der Waals surface area contributed by atoms with Gasteiger partial charge in [-0.25, -0.2) is 0 Å². The summed E-state index contributed by atoms with van der Waals surface area (Å²) in [7, 11) is 0. The molecule has 0 bridgehead atoms. The molecule has 0 aromatic carbocycles. The maximum atomic E-state index is 11.2. The van der Waals surface area contributed by atoms with Crippen LogP contribution in [-0.4, -0.2) is 23.6 Å². The molecule has 2 nitrogen and oxygen atoms in total. The zero-order chi connectivity index (χ0) is 13.4. The van der Waals surface area contributed by atoms with Gasteiger partial charge in [0.15, 0.2) is 0 Å². The maximum Gasteiger partial charge on any atom is 0.302 e. The van der Waals surface area contributed by atoms with Crippen molar-refractivity contribution in [1.82, 2.24) is 0 Å². The topological polar surface area (TPSA) is 26.3 Å². The van der Waals surface area contributed by atoms with E-state index in [-0.39, 0.29) is 12.1 Å². The Labute approximate surface area is 119 Å². The second-order valence-corrected chi connectivity index (χ2v) is 7.22. The summed E-state index contributed by atoms with van der Waals surface area (Å²) in [5.41, 5.74) is 0. The minimum atomic E-state index is -0.162. The fourth-order valence-corrected chi connectivity index (χ4v) is 4.53. The van der Waals surface area contributed by atoms with E-state index in [2.05, 4.69) is 19.9 Å². The SMILES string of the molecule is CCCC[C@@H](OC(C)=O)[C@@H](C)C=C1SCCCS1. The van der Waals surface area contributed by atoms with Gasteiger partial charge in [0.05, 0.1) is 0 Å². The van der Waals surface area contributed by atoms with E-state index < -0.39 is 0 Å². The van der Waals surface area contributed by atoms with Crippen LogP contribution in [0.25, 0.3) is 0 Å². The summed E-state index contributed by atoms with van der Waals surface area (Å²) in [5, 5.41) is 0. The normalized spacial score (nSPS) is 19.2. The van der Waals surface area contributed by atoms with Crippen molar-refractivity contribution < 1.29 is 9.53 Å². The van der Waals surface area contributed by atoms with Crippen molar-refractivity contribution in [2.24, 2.45) is 5.92 Å². The van der Waals surface area contributed by atoms with E-state index in [9.17, 15) is 4.79 Å². The fraction of sp³-hybridized carbons (Fsp3) is 0.786. The van der Waals surface area contributed by atoms with Crippen molar-refractivity contribution in [1.29, 1.82) is 0 Å². The Morgan fingerprint density at radius 1 is 1.44 bits per heavy atom. The number of thioether (sulfide) groups is 2. The van der Waals surface area contributed by atoms with Crippen molar-refractivity contribution in [3.63, 3.8) is 0 Å². The van der Waals surface area contributed by atoms with Gasteiger partial charge < -0.3 is 4.74 Å². The van der Waals surface area contributed by atoms with Gasteiger partial charge in [0, 0.05) is 17.1 Å². The summed E-state index contributed by atoms with van der Waals surface area (Å²) in [5.74, 6) is 2.59. The molecule has 0 aliphatic carbocycles. The van der Waals surface area contributed by atoms with Crippen molar-refractivity contribution in [3.8, 4) is 0 Å². The third kappa shape index (κ3) is 6.19. The highest BCUT2D eigenvalue weighted by Crippen LogP contribution is 2.36.